The molecule has 1 aliphatic heterocycles. The third-order valence-electron chi connectivity index (χ3n) is 3.07. The summed E-state index contributed by atoms with van der Waals surface area (Å²) in [5.74, 6) is -1.90. The van der Waals surface area contributed by atoms with Gasteiger partial charge in [0.15, 0.2) is 0 Å². The molecule has 3 rings (SSSR count). The monoisotopic (exact) mass is 287 g/mol. The molecule has 0 saturated heterocycles. The van der Waals surface area contributed by atoms with Crippen LogP contribution in [-0.4, -0.2) is 22.9 Å². The highest BCUT2D eigenvalue weighted by atomic mass is 32.1. The standard InChI is InChI=1S/C14H9NO4S/c1-7-2-3-8-9(6-7)13(17)15(12(8)16)11-5-4-10(20-11)14(18)19/h2-6H,1H3,(H,18,19). The van der Waals surface area contributed by atoms with Crippen molar-refractivity contribution in [2.45, 2.75) is 6.92 Å². The van der Waals surface area contributed by atoms with E-state index in [-0.39, 0.29) is 4.88 Å². The van der Waals surface area contributed by atoms with Gasteiger partial charge in [-0.15, -0.1) is 11.3 Å². The Morgan fingerprint density at radius 2 is 1.80 bits per heavy atom. The summed E-state index contributed by atoms with van der Waals surface area (Å²) in [5, 5.41) is 9.23. The van der Waals surface area contributed by atoms with Gasteiger partial charge >= 0.3 is 5.97 Å². The number of fused-ring (bicyclic) bond motifs is 1. The van der Waals surface area contributed by atoms with Gasteiger partial charge < -0.3 is 5.11 Å². The van der Waals surface area contributed by atoms with Crippen molar-refractivity contribution in [1.82, 2.24) is 0 Å². The van der Waals surface area contributed by atoms with Crippen LogP contribution in [0.15, 0.2) is 30.3 Å². The van der Waals surface area contributed by atoms with Crippen LogP contribution in [0.3, 0.4) is 0 Å². The molecule has 0 aliphatic carbocycles. The number of carbonyl (C=O) groups is 3. The van der Waals surface area contributed by atoms with E-state index in [4.69, 9.17) is 5.11 Å². The van der Waals surface area contributed by atoms with Gasteiger partial charge in [-0.3, -0.25) is 9.59 Å². The fraction of sp³-hybridized carbons (Fsp3) is 0.0714. The second-order valence-corrected chi connectivity index (χ2v) is 5.50. The number of thiophene rings is 1. The van der Waals surface area contributed by atoms with Gasteiger partial charge in [0.2, 0.25) is 0 Å². The van der Waals surface area contributed by atoms with Crippen LogP contribution in [0.2, 0.25) is 0 Å². The lowest BCUT2D eigenvalue weighted by Crippen LogP contribution is -2.28. The first-order valence-corrected chi connectivity index (χ1v) is 6.63. The van der Waals surface area contributed by atoms with Crippen LogP contribution < -0.4 is 4.90 Å². The molecular formula is C14H9NO4S. The first-order chi connectivity index (χ1) is 9.49. The summed E-state index contributed by atoms with van der Waals surface area (Å²) in [4.78, 5) is 36.6. The SMILES string of the molecule is Cc1ccc2c(c1)C(=O)N(c1ccc(C(=O)O)s1)C2=O. The van der Waals surface area contributed by atoms with E-state index in [1.807, 2.05) is 6.92 Å². The van der Waals surface area contributed by atoms with Gasteiger partial charge in [0.05, 0.1) is 11.1 Å². The predicted molar refractivity (Wildman–Crippen MR) is 73.6 cm³/mol. The Balaban J connectivity index is 2.06. The minimum Gasteiger partial charge on any atom is -0.477 e. The number of rotatable bonds is 2. The average Bonchev–Trinajstić information content (AvgIpc) is 2.95. The molecule has 0 unspecified atom stereocenters. The Labute approximate surface area is 118 Å². The third-order valence-corrected chi connectivity index (χ3v) is 4.12. The van der Waals surface area contributed by atoms with Crippen molar-refractivity contribution in [3.8, 4) is 0 Å². The maximum Gasteiger partial charge on any atom is 0.345 e. The molecule has 100 valence electrons. The lowest BCUT2D eigenvalue weighted by atomic mass is 10.1. The Bertz CT molecular complexity index is 762. The van der Waals surface area contributed by atoms with Crippen molar-refractivity contribution in [2.75, 3.05) is 4.90 Å². The van der Waals surface area contributed by atoms with E-state index in [0.717, 1.165) is 21.8 Å². The van der Waals surface area contributed by atoms with Gasteiger partial charge in [-0.25, -0.2) is 9.69 Å². The number of carboxylic acids is 1. The molecule has 20 heavy (non-hydrogen) atoms. The molecule has 0 atom stereocenters. The van der Waals surface area contributed by atoms with Crippen LogP contribution in [0.1, 0.15) is 36.0 Å². The molecule has 5 nitrogen and oxygen atoms in total. The Hall–Kier alpha value is -2.47. The van der Waals surface area contributed by atoms with Crippen LogP contribution in [-0.2, 0) is 0 Å². The Morgan fingerprint density at radius 1 is 1.10 bits per heavy atom. The first kappa shape index (κ1) is 12.6. The number of benzene rings is 1. The summed E-state index contributed by atoms with van der Waals surface area (Å²) in [7, 11) is 0. The van der Waals surface area contributed by atoms with E-state index in [1.165, 1.54) is 12.1 Å². The first-order valence-electron chi connectivity index (χ1n) is 5.81. The highest BCUT2D eigenvalue weighted by Gasteiger charge is 2.37. The summed E-state index contributed by atoms with van der Waals surface area (Å²) in [5.41, 5.74) is 1.61. The Kier molecular flexibility index (Phi) is 2.69. The average molecular weight is 287 g/mol. The second kappa shape index (κ2) is 4.28. The molecule has 1 aromatic carbocycles. The topological polar surface area (TPSA) is 74.7 Å². The van der Waals surface area contributed by atoms with Crippen molar-refractivity contribution in [3.63, 3.8) is 0 Å². The smallest absolute Gasteiger partial charge is 0.345 e. The van der Waals surface area contributed by atoms with Crippen molar-refractivity contribution in [1.29, 1.82) is 0 Å². The minimum atomic E-state index is -1.08. The number of amides is 2. The molecule has 6 heteroatoms. The van der Waals surface area contributed by atoms with Gasteiger partial charge in [0.25, 0.3) is 11.8 Å². The highest BCUT2D eigenvalue weighted by Crippen LogP contribution is 2.33. The largest absolute Gasteiger partial charge is 0.477 e. The molecule has 1 aliphatic rings. The van der Waals surface area contributed by atoms with E-state index in [2.05, 4.69) is 0 Å². The fourth-order valence-electron chi connectivity index (χ4n) is 2.12. The number of aromatic carboxylic acids is 1. The number of imide groups is 1. The molecule has 2 heterocycles. The van der Waals surface area contributed by atoms with Crippen molar-refractivity contribution in [2.24, 2.45) is 0 Å². The molecule has 0 spiro atoms. The van der Waals surface area contributed by atoms with Gasteiger partial charge in [-0.2, -0.15) is 0 Å². The zero-order valence-electron chi connectivity index (χ0n) is 10.4. The maximum atomic E-state index is 12.3. The number of nitrogens with zero attached hydrogens (tertiary/aromatic N) is 1. The van der Waals surface area contributed by atoms with E-state index in [0.29, 0.717) is 16.1 Å². The lowest BCUT2D eigenvalue weighted by molar-refractivity contribution is 0.0701. The molecule has 0 fully saturated rings. The molecule has 2 aromatic rings. The highest BCUT2D eigenvalue weighted by molar-refractivity contribution is 7.18. The number of carbonyl (C=O) groups excluding carboxylic acids is 2. The molecule has 0 radical (unpaired) electrons. The van der Waals surface area contributed by atoms with Crippen molar-refractivity contribution < 1.29 is 19.5 Å². The van der Waals surface area contributed by atoms with Crippen LogP contribution in [0, 0.1) is 6.92 Å². The number of carboxylic acid groups (broad SMARTS) is 1. The normalized spacial score (nSPS) is 13.8. The Morgan fingerprint density at radius 3 is 2.45 bits per heavy atom. The number of hydrogen-bond acceptors (Lipinski definition) is 4. The molecule has 1 aromatic heterocycles. The van der Waals surface area contributed by atoms with Crippen LogP contribution in [0.4, 0.5) is 5.00 Å². The molecule has 2 amide bonds. The molecule has 1 N–H and O–H groups in total. The van der Waals surface area contributed by atoms with Gasteiger partial charge in [-0.05, 0) is 31.2 Å². The van der Waals surface area contributed by atoms with E-state index in [9.17, 15) is 14.4 Å². The number of anilines is 1. The van der Waals surface area contributed by atoms with Gasteiger partial charge in [0.1, 0.15) is 9.88 Å². The summed E-state index contributed by atoms with van der Waals surface area (Å²) in [6, 6.07) is 7.92. The summed E-state index contributed by atoms with van der Waals surface area (Å²) < 4.78 is 0. The zero-order valence-corrected chi connectivity index (χ0v) is 11.2. The number of hydrogen-bond donors (Lipinski definition) is 1. The van der Waals surface area contributed by atoms with Gasteiger partial charge in [0, 0.05) is 0 Å². The lowest BCUT2D eigenvalue weighted by Gasteiger charge is -2.10. The quantitative estimate of drug-likeness (QED) is 0.861. The van der Waals surface area contributed by atoms with E-state index >= 15 is 0 Å². The number of aryl methyl sites for hydroxylation is 1. The fourth-order valence-corrected chi connectivity index (χ4v) is 2.96. The van der Waals surface area contributed by atoms with Crippen LogP contribution in [0.25, 0.3) is 0 Å². The molecule has 0 bridgehead atoms. The van der Waals surface area contributed by atoms with Crippen molar-refractivity contribution in [3.05, 3.63) is 51.9 Å². The summed E-state index contributed by atoms with van der Waals surface area (Å²) >= 11 is 0.905. The van der Waals surface area contributed by atoms with Gasteiger partial charge in [-0.1, -0.05) is 11.6 Å². The minimum absolute atomic E-state index is 0.0905. The predicted octanol–water partition coefficient (Wildman–Crippen LogP) is 2.56. The summed E-state index contributed by atoms with van der Waals surface area (Å²) in [6.07, 6.45) is 0. The molecular weight excluding hydrogens is 278 g/mol. The third kappa shape index (κ3) is 1.73. The maximum absolute atomic E-state index is 12.3. The summed E-state index contributed by atoms with van der Waals surface area (Å²) in [6.45, 7) is 1.84. The molecule has 0 saturated carbocycles. The second-order valence-electron chi connectivity index (χ2n) is 4.44. The van der Waals surface area contributed by atoms with Crippen LogP contribution in [0.5, 0.6) is 0 Å². The van der Waals surface area contributed by atoms with Crippen molar-refractivity contribution >= 4 is 34.1 Å². The van der Waals surface area contributed by atoms with E-state index in [1.54, 1.807) is 18.2 Å². The zero-order chi connectivity index (χ0) is 14.4. The van der Waals surface area contributed by atoms with E-state index < -0.39 is 17.8 Å². The van der Waals surface area contributed by atoms with Crippen LogP contribution >= 0.6 is 11.3 Å².